The van der Waals surface area contributed by atoms with Gasteiger partial charge in [-0.1, -0.05) is 31.2 Å². The van der Waals surface area contributed by atoms with Gasteiger partial charge in [0.05, 0.1) is 17.6 Å². The summed E-state index contributed by atoms with van der Waals surface area (Å²) in [5, 5.41) is 0. The van der Waals surface area contributed by atoms with Gasteiger partial charge in [-0.2, -0.15) is 0 Å². The van der Waals surface area contributed by atoms with Crippen molar-refractivity contribution in [2.24, 2.45) is 0 Å². The molecule has 0 bridgehead atoms. The summed E-state index contributed by atoms with van der Waals surface area (Å²) in [6.07, 6.45) is 0.794. The smallest absolute Gasteiger partial charge is 0.242 e. The van der Waals surface area contributed by atoms with Crippen molar-refractivity contribution < 1.29 is 9.53 Å². The molecule has 0 saturated heterocycles. The second-order valence-electron chi connectivity index (χ2n) is 6.44. The van der Waals surface area contributed by atoms with Crippen LogP contribution in [0.25, 0.3) is 11.0 Å². The van der Waals surface area contributed by atoms with Gasteiger partial charge in [-0.05, 0) is 36.8 Å². The van der Waals surface area contributed by atoms with Crippen LogP contribution in [0.1, 0.15) is 18.3 Å². The van der Waals surface area contributed by atoms with E-state index in [1.54, 1.807) is 4.90 Å². The molecule has 0 atom stereocenters. The summed E-state index contributed by atoms with van der Waals surface area (Å²) >= 11 is 0. The van der Waals surface area contributed by atoms with E-state index in [4.69, 9.17) is 4.74 Å². The van der Waals surface area contributed by atoms with Crippen LogP contribution in [-0.4, -0.2) is 40.6 Å². The van der Waals surface area contributed by atoms with Gasteiger partial charge in [0, 0.05) is 13.5 Å². The minimum atomic E-state index is 0.0516. The number of carbonyl (C=O) groups is 1. The van der Waals surface area contributed by atoms with Gasteiger partial charge in [0.1, 0.15) is 24.7 Å². The number of ether oxygens (including phenoxy) is 1. The second kappa shape index (κ2) is 8.04. The number of amides is 1. The zero-order chi connectivity index (χ0) is 18.5. The Kier molecular flexibility index (Phi) is 5.56. The van der Waals surface area contributed by atoms with Crippen LogP contribution in [0.2, 0.25) is 0 Å². The number of benzene rings is 2. The van der Waals surface area contributed by atoms with Crippen LogP contribution in [0, 0.1) is 6.92 Å². The number of rotatable bonds is 7. The van der Waals surface area contributed by atoms with E-state index >= 15 is 0 Å². The third-order valence-electron chi connectivity index (χ3n) is 4.45. The van der Waals surface area contributed by atoms with Crippen LogP contribution in [0.5, 0.6) is 5.75 Å². The minimum Gasteiger partial charge on any atom is -0.492 e. The van der Waals surface area contributed by atoms with Gasteiger partial charge < -0.3 is 14.2 Å². The van der Waals surface area contributed by atoms with Gasteiger partial charge in [0.25, 0.3) is 0 Å². The zero-order valence-corrected chi connectivity index (χ0v) is 15.6. The van der Waals surface area contributed by atoms with E-state index in [-0.39, 0.29) is 5.91 Å². The molecule has 0 aliphatic rings. The molecule has 2 aromatic carbocycles. The molecule has 5 heteroatoms. The Balaban J connectivity index is 1.61. The van der Waals surface area contributed by atoms with Gasteiger partial charge in [-0.15, -0.1) is 0 Å². The van der Waals surface area contributed by atoms with Gasteiger partial charge in [0.15, 0.2) is 0 Å². The topological polar surface area (TPSA) is 47.4 Å². The number of imidazole rings is 1. The number of carbonyl (C=O) groups excluding carboxylic acids is 1. The number of likely N-dealkylation sites (N-methyl/N-ethyl adjacent to an activating group) is 1. The molecule has 26 heavy (non-hydrogen) atoms. The van der Waals surface area contributed by atoms with E-state index in [1.807, 2.05) is 67.1 Å². The van der Waals surface area contributed by atoms with Gasteiger partial charge in [-0.25, -0.2) is 4.98 Å². The van der Waals surface area contributed by atoms with Crippen LogP contribution >= 0.6 is 0 Å². The number of nitrogens with zero attached hydrogens (tertiary/aromatic N) is 3. The molecule has 3 aromatic rings. The number of aryl methyl sites for hydroxylation is 2. The summed E-state index contributed by atoms with van der Waals surface area (Å²) in [5.74, 6) is 1.82. The van der Waals surface area contributed by atoms with E-state index in [1.165, 1.54) is 0 Å². The van der Waals surface area contributed by atoms with E-state index in [0.717, 1.165) is 34.6 Å². The first kappa shape index (κ1) is 18.0. The Morgan fingerprint density at radius 1 is 1.19 bits per heavy atom. The highest BCUT2D eigenvalue weighted by Crippen LogP contribution is 2.17. The van der Waals surface area contributed by atoms with E-state index in [2.05, 4.69) is 11.9 Å². The maximum atomic E-state index is 12.6. The fourth-order valence-corrected chi connectivity index (χ4v) is 2.96. The Morgan fingerprint density at radius 2 is 2.00 bits per heavy atom. The molecule has 1 aromatic heterocycles. The molecule has 0 unspecified atom stereocenters. The van der Waals surface area contributed by atoms with Crippen LogP contribution < -0.4 is 4.74 Å². The fourth-order valence-electron chi connectivity index (χ4n) is 2.96. The van der Waals surface area contributed by atoms with Crippen LogP contribution in [0.4, 0.5) is 0 Å². The molecular formula is C21H25N3O2. The third kappa shape index (κ3) is 4.04. The van der Waals surface area contributed by atoms with Crippen LogP contribution in [0.3, 0.4) is 0 Å². The molecule has 5 nitrogen and oxygen atoms in total. The highest BCUT2D eigenvalue weighted by molar-refractivity contribution is 5.81. The van der Waals surface area contributed by atoms with Gasteiger partial charge in [-0.3, -0.25) is 4.79 Å². The summed E-state index contributed by atoms with van der Waals surface area (Å²) in [6, 6.07) is 15.9. The van der Waals surface area contributed by atoms with Crippen molar-refractivity contribution >= 4 is 16.9 Å². The van der Waals surface area contributed by atoms with Crippen LogP contribution in [0.15, 0.2) is 48.5 Å². The van der Waals surface area contributed by atoms with Crippen molar-refractivity contribution in [3.63, 3.8) is 0 Å². The normalized spacial score (nSPS) is 10.9. The number of aromatic nitrogens is 2. The summed E-state index contributed by atoms with van der Waals surface area (Å²) in [5.41, 5.74) is 3.09. The third-order valence-corrected chi connectivity index (χ3v) is 4.45. The Hall–Kier alpha value is -2.82. The first-order chi connectivity index (χ1) is 12.6. The molecule has 0 N–H and O–H groups in total. The average molecular weight is 351 g/mol. The molecule has 0 aliphatic heterocycles. The largest absolute Gasteiger partial charge is 0.492 e. The zero-order valence-electron chi connectivity index (χ0n) is 15.6. The summed E-state index contributed by atoms with van der Waals surface area (Å²) in [7, 11) is 1.81. The highest BCUT2D eigenvalue weighted by Gasteiger charge is 2.15. The standard InChI is InChI=1S/C21H25N3O2/c1-4-20-22-18-10-5-6-11-19(18)24(20)15-21(25)23(3)12-13-26-17-9-7-8-16(2)14-17/h5-11,14H,4,12-13,15H2,1-3H3. The fraction of sp³-hybridized carbons (Fsp3) is 0.333. The van der Waals surface area contributed by atoms with Crippen molar-refractivity contribution in [1.29, 1.82) is 0 Å². The number of hydrogen-bond donors (Lipinski definition) is 0. The molecule has 0 spiro atoms. The van der Waals surface area contributed by atoms with E-state index < -0.39 is 0 Å². The summed E-state index contributed by atoms with van der Waals surface area (Å²) in [4.78, 5) is 19.0. The molecule has 0 saturated carbocycles. The molecule has 136 valence electrons. The molecule has 0 fully saturated rings. The Bertz CT molecular complexity index is 901. The average Bonchev–Trinajstić information content (AvgIpc) is 2.99. The SMILES string of the molecule is CCc1nc2ccccc2n1CC(=O)N(C)CCOc1cccc(C)c1. The predicted molar refractivity (Wildman–Crippen MR) is 103 cm³/mol. The van der Waals surface area contributed by atoms with Crippen molar-refractivity contribution in [2.45, 2.75) is 26.8 Å². The van der Waals surface area contributed by atoms with Crippen molar-refractivity contribution in [3.05, 3.63) is 59.9 Å². The predicted octanol–water partition coefficient (Wildman–Crippen LogP) is 3.44. The maximum absolute atomic E-state index is 12.6. The lowest BCUT2D eigenvalue weighted by Crippen LogP contribution is -2.33. The molecule has 1 heterocycles. The van der Waals surface area contributed by atoms with Crippen molar-refractivity contribution in [1.82, 2.24) is 14.5 Å². The van der Waals surface area contributed by atoms with Gasteiger partial charge >= 0.3 is 0 Å². The number of para-hydroxylation sites is 2. The Morgan fingerprint density at radius 3 is 2.77 bits per heavy atom. The molecule has 0 radical (unpaired) electrons. The lowest BCUT2D eigenvalue weighted by atomic mass is 10.2. The first-order valence-electron chi connectivity index (χ1n) is 8.96. The van der Waals surface area contributed by atoms with Crippen molar-refractivity contribution in [3.8, 4) is 5.75 Å². The summed E-state index contributed by atoms with van der Waals surface area (Å²) in [6.45, 7) is 5.40. The van der Waals surface area contributed by atoms with E-state index in [9.17, 15) is 4.79 Å². The number of fused-ring (bicyclic) bond motifs is 1. The van der Waals surface area contributed by atoms with Gasteiger partial charge in [0.2, 0.25) is 5.91 Å². The van der Waals surface area contributed by atoms with Crippen LogP contribution in [-0.2, 0) is 17.8 Å². The first-order valence-corrected chi connectivity index (χ1v) is 8.96. The molecule has 0 aliphatic carbocycles. The maximum Gasteiger partial charge on any atom is 0.242 e. The Labute approximate surface area is 154 Å². The highest BCUT2D eigenvalue weighted by atomic mass is 16.5. The lowest BCUT2D eigenvalue weighted by Gasteiger charge is -2.19. The van der Waals surface area contributed by atoms with E-state index in [0.29, 0.717) is 19.7 Å². The quantitative estimate of drug-likeness (QED) is 0.655. The number of hydrogen-bond acceptors (Lipinski definition) is 3. The molecule has 3 rings (SSSR count). The summed E-state index contributed by atoms with van der Waals surface area (Å²) < 4.78 is 7.75. The second-order valence-corrected chi connectivity index (χ2v) is 6.44. The van der Waals surface area contributed by atoms with Crippen molar-refractivity contribution in [2.75, 3.05) is 20.2 Å². The molecule has 1 amide bonds. The molecular weight excluding hydrogens is 326 g/mol. The monoisotopic (exact) mass is 351 g/mol. The lowest BCUT2D eigenvalue weighted by molar-refractivity contribution is -0.130. The minimum absolute atomic E-state index is 0.0516.